The number of benzene rings is 1. The SMILES string of the molecule is CNc1cc(C(C)(C)C)nc(-c2ccc(F)cc2Br)n1. The second-order valence-electron chi connectivity index (χ2n) is 5.59. The molecule has 0 atom stereocenters. The molecule has 0 radical (unpaired) electrons. The van der Waals surface area contributed by atoms with Gasteiger partial charge in [0.05, 0.1) is 5.69 Å². The van der Waals surface area contributed by atoms with Crippen molar-refractivity contribution in [3.63, 3.8) is 0 Å². The zero-order valence-electron chi connectivity index (χ0n) is 12.0. The molecule has 0 aliphatic carbocycles. The largest absolute Gasteiger partial charge is 0.373 e. The molecule has 1 aromatic carbocycles. The van der Waals surface area contributed by atoms with Crippen LogP contribution in [0.5, 0.6) is 0 Å². The Morgan fingerprint density at radius 1 is 1.15 bits per heavy atom. The van der Waals surface area contributed by atoms with Gasteiger partial charge in [-0.05, 0) is 34.1 Å². The molecular formula is C15H17BrFN3. The van der Waals surface area contributed by atoms with Crippen LogP contribution in [-0.4, -0.2) is 17.0 Å². The van der Waals surface area contributed by atoms with E-state index in [1.807, 2.05) is 13.1 Å². The van der Waals surface area contributed by atoms with Gasteiger partial charge in [0.25, 0.3) is 0 Å². The van der Waals surface area contributed by atoms with Crippen molar-refractivity contribution in [2.45, 2.75) is 26.2 Å². The normalized spacial score (nSPS) is 11.5. The maximum atomic E-state index is 13.2. The molecule has 1 N–H and O–H groups in total. The van der Waals surface area contributed by atoms with E-state index in [1.165, 1.54) is 12.1 Å². The highest BCUT2D eigenvalue weighted by molar-refractivity contribution is 9.10. The summed E-state index contributed by atoms with van der Waals surface area (Å²) in [6, 6.07) is 6.44. The van der Waals surface area contributed by atoms with Crippen molar-refractivity contribution >= 4 is 21.7 Å². The molecule has 1 aromatic heterocycles. The zero-order chi connectivity index (χ0) is 14.9. The van der Waals surface area contributed by atoms with Crippen molar-refractivity contribution in [1.29, 1.82) is 0 Å². The van der Waals surface area contributed by atoms with Crippen LogP contribution >= 0.6 is 15.9 Å². The Morgan fingerprint density at radius 3 is 2.40 bits per heavy atom. The number of aromatic nitrogens is 2. The molecule has 0 aliphatic rings. The molecule has 0 fully saturated rings. The van der Waals surface area contributed by atoms with E-state index < -0.39 is 0 Å². The molecule has 0 saturated carbocycles. The number of hydrogen-bond acceptors (Lipinski definition) is 3. The summed E-state index contributed by atoms with van der Waals surface area (Å²) in [6.07, 6.45) is 0. The average Bonchev–Trinajstić information content (AvgIpc) is 2.37. The van der Waals surface area contributed by atoms with Gasteiger partial charge in [-0.25, -0.2) is 14.4 Å². The third-order valence-corrected chi connectivity index (χ3v) is 3.58. The van der Waals surface area contributed by atoms with Crippen LogP contribution in [0.25, 0.3) is 11.4 Å². The van der Waals surface area contributed by atoms with E-state index in [2.05, 4.69) is 52.0 Å². The molecule has 2 aromatic rings. The van der Waals surface area contributed by atoms with Gasteiger partial charge in [0.2, 0.25) is 0 Å². The van der Waals surface area contributed by atoms with E-state index in [0.717, 1.165) is 17.1 Å². The molecule has 0 amide bonds. The lowest BCUT2D eigenvalue weighted by molar-refractivity contribution is 0.568. The molecular weight excluding hydrogens is 321 g/mol. The number of hydrogen-bond donors (Lipinski definition) is 1. The van der Waals surface area contributed by atoms with Crippen LogP contribution in [0.2, 0.25) is 0 Å². The molecule has 1 heterocycles. The summed E-state index contributed by atoms with van der Waals surface area (Å²) in [7, 11) is 1.82. The molecule has 2 rings (SSSR count). The molecule has 3 nitrogen and oxygen atoms in total. The van der Waals surface area contributed by atoms with Gasteiger partial charge in [-0.15, -0.1) is 0 Å². The van der Waals surface area contributed by atoms with Gasteiger partial charge in [0, 0.05) is 28.6 Å². The summed E-state index contributed by atoms with van der Waals surface area (Å²) in [6.45, 7) is 6.29. The van der Waals surface area contributed by atoms with Gasteiger partial charge in [-0.1, -0.05) is 20.8 Å². The fraction of sp³-hybridized carbons (Fsp3) is 0.333. The minimum Gasteiger partial charge on any atom is -0.373 e. The lowest BCUT2D eigenvalue weighted by atomic mass is 9.92. The van der Waals surface area contributed by atoms with Gasteiger partial charge in [-0.3, -0.25) is 0 Å². The lowest BCUT2D eigenvalue weighted by Gasteiger charge is -2.19. The highest BCUT2D eigenvalue weighted by atomic mass is 79.9. The minimum atomic E-state index is -0.290. The van der Waals surface area contributed by atoms with Gasteiger partial charge in [0.1, 0.15) is 11.6 Å². The first-order valence-corrected chi connectivity index (χ1v) is 7.13. The highest BCUT2D eigenvalue weighted by Crippen LogP contribution is 2.30. The molecule has 0 saturated heterocycles. The summed E-state index contributed by atoms with van der Waals surface area (Å²) in [5.41, 5.74) is 1.62. The molecule has 0 aliphatic heterocycles. The smallest absolute Gasteiger partial charge is 0.162 e. The number of nitrogens with one attached hydrogen (secondary N) is 1. The maximum absolute atomic E-state index is 13.2. The summed E-state index contributed by atoms with van der Waals surface area (Å²) in [5, 5.41) is 3.04. The number of anilines is 1. The Hall–Kier alpha value is -1.49. The zero-order valence-corrected chi connectivity index (χ0v) is 13.5. The van der Waals surface area contributed by atoms with Gasteiger partial charge < -0.3 is 5.32 Å². The fourth-order valence-electron chi connectivity index (χ4n) is 1.75. The molecule has 0 unspecified atom stereocenters. The first-order valence-electron chi connectivity index (χ1n) is 6.34. The van der Waals surface area contributed by atoms with Crippen molar-refractivity contribution in [1.82, 2.24) is 9.97 Å². The molecule has 5 heteroatoms. The first kappa shape index (κ1) is 14.9. The van der Waals surface area contributed by atoms with Crippen LogP contribution in [-0.2, 0) is 5.41 Å². The monoisotopic (exact) mass is 337 g/mol. The predicted octanol–water partition coefficient (Wildman–Crippen LogP) is 4.38. The van der Waals surface area contributed by atoms with Gasteiger partial charge >= 0.3 is 0 Å². The van der Waals surface area contributed by atoms with Crippen LogP contribution in [0.1, 0.15) is 26.5 Å². The quantitative estimate of drug-likeness (QED) is 0.883. The second kappa shape index (κ2) is 5.48. The minimum absolute atomic E-state index is 0.0875. The Labute approximate surface area is 126 Å². The summed E-state index contributed by atoms with van der Waals surface area (Å²) in [5.74, 6) is 1.03. The Bertz CT molecular complexity index is 636. The van der Waals surface area contributed by atoms with Crippen LogP contribution in [0, 0.1) is 5.82 Å². The van der Waals surface area contributed by atoms with E-state index in [0.29, 0.717) is 10.3 Å². The van der Waals surface area contributed by atoms with Crippen molar-refractivity contribution < 1.29 is 4.39 Å². The Balaban J connectivity index is 2.61. The van der Waals surface area contributed by atoms with Crippen molar-refractivity contribution in [2.24, 2.45) is 0 Å². The summed E-state index contributed by atoms with van der Waals surface area (Å²) >= 11 is 3.36. The highest BCUT2D eigenvalue weighted by Gasteiger charge is 2.19. The summed E-state index contributed by atoms with van der Waals surface area (Å²) in [4.78, 5) is 9.06. The molecule has 20 heavy (non-hydrogen) atoms. The van der Waals surface area contributed by atoms with Crippen molar-refractivity contribution in [3.8, 4) is 11.4 Å². The third-order valence-electron chi connectivity index (χ3n) is 2.92. The predicted molar refractivity (Wildman–Crippen MR) is 83.4 cm³/mol. The number of halogens is 2. The van der Waals surface area contributed by atoms with Gasteiger partial charge in [-0.2, -0.15) is 0 Å². The van der Waals surface area contributed by atoms with Crippen LogP contribution in [0.4, 0.5) is 10.2 Å². The van der Waals surface area contributed by atoms with E-state index in [9.17, 15) is 4.39 Å². The van der Waals surface area contributed by atoms with Crippen LogP contribution < -0.4 is 5.32 Å². The summed E-state index contributed by atoms with van der Waals surface area (Å²) < 4.78 is 13.8. The number of rotatable bonds is 2. The van der Waals surface area contributed by atoms with E-state index in [4.69, 9.17) is 0 Å². The number of nitrogens with zero attached hydrogens (tertiary/aromatic N) is 2. The first-order chi connectivity index (χ1) is 9.31. The second-order valence-corrected chi connectivity index (χ2v) is 6.44. The Kier molecular flexibility index (Phi) is 4.09. The van der Waals surface area contributed by atoms with Crippen LogP contribution in [0.15, 0.2) is 28.7 Å². The average molecular weight is 338 g/mol. The third kappa shape index (κ3) is 3.15. The van der Waals surface area contributed by atoms with E-state index in [1.54, 1.807) is 6.07 Å². The van der Waals surface area contributed by atoms with Crippen molar-refractivity contribution in [3.05, 3.63) is 40.2 Å². The molecule has 106 valence electrons. The lowest BCUT2D eigenvalue weighted by Crippen LogP contribution is -2.15. The van der Waals surface area contributed by atoms with Crippen LogP contribution in [0.3, 0.4) is 0 Å². The standard InChI is InChI=1S/C15H17BrFN3/c1-15(2,3)12-8-13(18-4)20-14(19-12)10-6-5-9(17)7-11(10)16/h5-8H,1-4H3,(H,18,19,20). The molecule has 0 spiro atoms. The fourth-order valence-corrected chi connectivity index (χ4v) is 2.28. The maximum Gasteiger partial charge on any atom is 0.162 e. The molecule has 0 bridgehead atoms. The topological polar surface area (TPSA) is 37.8 Å². The van der Waals surface area contributed by atoms with Crippen molar-refractivity contribution in [2.75, 3.05) is 12.4 Å². The van der Waals surface area contributed by atoms with E-state index in [-0.39, 0.29) is 11.2 Å². The Morgan fingerprint density at radius 2 is 1.85 bits per heavy atom. The van der Waals surface area contributed by atoms with E-state index >= 15 is 0 Å². The van der Waals surface area contributed by atoms with Gasteiger partial charge in [0.15, 0.2) is 5.82 Å².